The van der Waals surface area contributed by atoms with Crippen molar-refractivity contribution in [2.24, 2.45) is 11.8 Å². The minimum atomic E-state index is -2.96. The lowest BCUT2D eigenvalue weighted by atomic mass is 9.88. The monoisotopic (exact) mass is 300 g/mol. The molecule has 1 amide bonds. The highest BCUT2D eigenvalue weighted by Crippen LogP contribution is 2.28. The first-order valence-electron chi connectivity index (χ1n) is 7.78. The van der Waals surface area contributed by atoms with Gasteiger partial charge in [0.2, 0.25) is 5.91 Å². The Kier molecular flexibility index (Phi) is 4.04. The number of carbonyl (C=O) groups excluding carboxylic acids is 1. The number of nitrogens with one attached hydrogen (secondary N) is 1. The SMILES string of the molecule is O=C(C1CCS(=O)(=O)C1)N1CCC(C2CCCN2)CC1. The van der Waals surface area contributed by atoms with Crippen molar-refractivity contribution in [3.63, 3.8) is 0 Å². The molecule has 3 fully saturated rings. The first-order chi connectivity index (χ1) is 9.55. The fraction of sp³-hybridized carbons (Fsp3) is 0.929. The summed E-state index contributed by atoms with van der Waals surface area (Å²) in [5.41, 5.74) is 0. The molecule has 6 heteroatoms. The van der Waals surface area contributed by atoms with Crippen LogP contribution in [-0.4, -0.2) is 56.4 Å². The Balaban J connectivity index is 1.51. The lowest BCUT2D eigenvalue weighted by molar-refractivity contribution is -0.136. The maximum Gasteiger partial charge on any atom is 0.226 e. The maximum absolute atomic E-state index is 12.4. The van der Waals surface area contributed by atoms with Gasteiger partial charge < -0.3 is 10.2 Å². The summed E-state index contributed by atoms with van der Waals surface area (Å²) in [6.45, 7) is 2.74. The standard InChI is InChI=1S/C14H24N2O3S/c17-14(12-5-9-20(18,19)10-12)16-7-3-11(4-8-16)13-2-1-6-15-13/h11-13,15H,1-10H2. The number of sulfone groups is 1. The van der Waals surface area contributed by atoms with Crippen LogP contribution in [0.3, 0.4) is 0 Å². The van der Waals surface area contributed by atoms with Crippen LogP contribution in [0.2, 0.25) is 0 Å². The van der Waals surface area contributed by atoms with Gasteiger partial charge in [0.1, 0.15) is 0 Å². The summed E-state index contributed by atoms with van der Waals surface area (Å²) in [7, 11) is -2.96. The van der Waals surface area contributed by atoms with E-state index in [1.165, 1.54) is 12.8 Å². The highest BCUT2D eigenvalue weighted by atomic mass is 32.2. The van der Waals surface area contributed by atoms with Gasteiger partial charge in [-0.3, -0.25) is 4.79 Å². The van der Waals surface area contributed by atoms with E-state index in [-0.39, 0.29) is 23.3 Å². The second-order valence-electron chi connectivity index (χ2n) is 6.47. The van der Waals surface area contributed by atoms with Gasteiger partial charge in [0.05, 0.1) is 17.4 Å². The van der Waals surface area contributed by atoms with E-state index in [4.69, 9.17) is 0 Å². The van der Waals surface area contributed by atoms with Crippen LogP contribution >= 0.6 is 0 Å². The summed E-state index contributed by atoms with van der Waals surface area (Å²) in [4.78, 5) is 14.3. The van der Waals surface area contributed by atoms with E-state index in [1.54, 1.807) is 0 Å². The lowest BCUT2D eigenvalue weighted by Gasteiger charge is -2.36. The second kappa shape index (κ2) is 5.64. The molecule has 5 nitrogen and oxygen atoms in total. The predicted molar refractivity (Wildman–Crippen MR) is 77.1 cm³/mol. The smallest absolute Gasteiger partial charge is 0.226 e. The van der Waals surface area contributed by atoms with Gasteiger partial charge in [-0.25, -0.2) is 8.42 Å². The van der Waals surface area contributed by atoms with E-state index in [1.807, 2.05) is 4.90 Å². The van der Waals surface area contributed by atoms with Crippen molar-refractivity contribution in [1.82, 2.24) is 10.2 Å². The van der Waals surface area contributed by atoms with Gasteiger partial charge in [-0.15, -0.1) is 0 Å². The van der Waals surface area contributed by atoms with E-state index >= 15 is 0 Å². The Labute approximate surface area is 121 Å². The molecule has 0 aromatic carbocycles. The van der Waals surface area contributed by atoms with Gasteiger partial charge in [-0.2, -0.15) is 0 Å². The highest BCUT2D eigenvalue weighted by molar-refractivity contribution is 7.91. The van der Waals surface area contributed by atoms with Crippen molar-refractivity contribution in [2.45, 2.75) is 38.1 Å². The largest absolute Gasteiger partial charge is 0.342 e. The van der Waals surface area contributed by atoms with Crippen LogP contribution in [0.15, 0.2) is 0 Å². The van der Waals surface area contributed by atoms with Crippen LogP contribution in [0, 0.1) is 11.8 Å². The minimum absolute atomic E-state index is 0.0654. The average molecular weight is 300 g/mol. The third-order valence-corrected chi connectivity index (χ3v) is 6.87. The van der Waals surface area contributed by atoms with Crippen LogP contribution in [-0.2, 0) is 14.6 Å². The zero-order valence-corrected chi connectivity index (χ0v) is 12.7. The Hall–Kier alpha value is -0.620. The van der Waals surface area contributed by atoms with Gasteiger partial charge in [0.25, 0.3) is 0 Å². The number of hydrogen-bond donors (Lipinski definition) is 1. The van der Waals surface area contributed by atoms with Gasteiger partial charge in [0.15, 0.2) is 9.84 Å². The fourth-order valence-corrected chi connectivity index (χ4v) is 5.62. The van der Waals surface area contributed by atoms with E-state index in [0.29, 0.717) is 18.4 Å². The molecule has 0 aromatic rings. The normalized spacial score (nSPS) is 34.5. The van der Waals surface area contributed by atoms with Crippen LogP contribution in [0.25, 0.3) is 0 Å². The summed E-state index contributed by atoms with van der Waals surface area (Å²) in [6, 6.07) is 0.638. The topological polar surface area (TPSA) is 66.5 Å². The molecule has 2 atom stereocenters. The number of rotatable bonds is 2. The number of likely N-dealkylation sites (tertiary alicyclic amines) is 1. The molecule has 0 aliphatic carbocycles. The molecule has 2 unspecified atom stereocenters. The first-order valence-corrected chi connectivity index (χ1v) is 9.60. The summed E-state index contributed by atoms with van der Waals surface area (Å²) in [5, 5.41) is 3.55. The van der Waals surface area contributed by atoms with Crippen molar-refractivity contribution in [1.29, 1.82) is 0 Å². The Morgan fingerprint density at radius 3 is 2.40 bits per heavy atom. The number of nitrogens with zero attached hydrogens (tertiary/aromatic N) is 1. The third kappa shape index (κ3) is 3.01. The van der Waals surface area contributed by atoms with Gasteiger partial charge >= 0.3 is 0 Å². The van der Waals surface area contributed by atoms with Crippen LogP contribution in [0.1, 0.15) is 32.1 Å². The molecule has 0 spiro atoms. The van der Waals surface area contributed by atoms with Crippen LogP contribution in [0.4, 0.5) is 0 Å². The number of carbonyl (C=O) groups is 1. The highest BCUT2D eigenvalue weighted by Gasteiger charge is 2.37. The molecule has 3 heterocycles. The fourth-order valence-electron chi connectivity index (χ4n) is 3.88. The molecule has 0 bridgehead atoms. The molecule has 20 heavy (non-hydrogen) atoms. The summed E-state index contributed by atoms with van der Waals surface area (Å²) >= 11 is 0. The average Bonchev–Trinajstić information content (AvgIpc) is 3.07. The maximum atomic E-state index is 12.4. The van der Waals surface area contributed by atoms with E-state index < -0.39 is 9.84 Å². The zero-order valence-electron chi connectivity index (χ0n) is 11.9. The molecule has 114 valence electrons. The van der Waals surface area contributed by atoms with Crippen molar-refractivity contribution in [3.05, 3.63) is 0 Å². The lowest BCUT2D eigenvalue weighted by Crippen LogP contribution is -2.45. The zero-order chi connectivity index (χ0) is 14.2. The Morgan fingerprint density at radius 2 is 1.85 bits per heavy atom. The summed E-state index contributed by atoms with van der Waals surface area (Å²) < 4.78 is 23.0. The molecule has 0 saturated carbocycles. The summed E-state index contributed by atoms with van der Waals surface area (Å²) in [6.07, 6.45) is 5.17. The molecule has 3 aliphatic heterocycles. The molecule has 0 radical (unpaired) electrons. The van der Waals surface area contributed by atoms with Crippen LogP contribution in [0.5, 0.6) is 0 Å². The van der Waals surface area contributed by atoms with Crippen LogP contribution < -0.4 is 5.32 Å². The minimum Gasteiger partial charge on any atom is -0.342 e. The van der Waals surface area contributed by atoms with E-state index in [2.05, 4.69) is 5.32 Å². The molecule has 1 N–H and O–H groups in total. The number of amides is 1. The molecule has 3 aliphatic rings. The van der Waals surface area contributed by atoms with Gasteiger partial charge in [-0.1, -0.05) is 0 Å². The van der Waals surface area contributed by atoms with Gasteiger partial charge in [0, 0.05) is 19.1 Å². The van der Waals surface area contributed by atoms with Crippen molar-refractivity contribution in [3.8, 4) is 0 Å². The van der Waals surface area contributed by atoms with Crippen molar-refractivity contribution >= 4 is 15.7 Å². The van der Waals surface area contributed by atoms with Gasteiger partial charge in [-0.05, 0) is 44.6 Å². The third-order valence-electron chi connectivity index (χ3n) is 5.10. The predicted octanol–water partition coefficient (Wildman–Crippen LogP) is 0.412. The summed E-state index contributed by atoms with van der Waals surface area (Å²) in [5.74, 6) is 0.737. The molecule has 0 aromatic heterocycles. The molecule has 3 rings (SSSR count). The van der Waals surface area contributed by atoms with E-state index in [0.717, 1.165) is 32.5 Å². The number of hydrogen-bond acceptors (Lipinski definition) is 4. The molecule has 3 saturated heterocycles. The number of piperidine rings is 1. The Morgan fingerprint density at radius 1 is 1.10 bits per heavy atom. The first kappa shape index (κ1) is 14.3. The van der Waals surface area contributed by atoms with Crippen molar-refractivity contribution < 1.29 is 13.2 Å². The van der Waals surface area contributed by atoms with E-state index in [9.17, 15) is 13.2 Å². The quantitative estimate of drug-likeness (QED) is 0.802. The molecular weight excluding hydrogens is 276 g/mol. The molecular formula is C14H24N2O3S. The Bertz CT molecular complexity index is 463. The van der Waals surface area contributed by atoms with Crippen molar-refractivity contribution in [2.75, 3.05) is 31.1 Å². The second-order valence-corrected chi connectivity index (χ2v) is 8.69.